The Balaban J connectivity index is 1.94. The minimum atomic E-state index is -0.195. The molecule has 2 aromatic carbocycles. The van der Waals surface area contributed by atoms with Crippen molar-refractivity contribution in [3.63, 3.8) is 0 Å². The van der Waals surface area contributed by atoms with Crippen molar-refractivity contribution in [1.82, 2.24) is 0 Å². The van der Waals surface area contributed by atoms with Crippen LogP contribution in [0.25, 0.3) is 0 Å². The highest BCUT2D eigenvalue weighted by Crippen LogP contribution is 2.29. The number of methoxy groups -OCH3 is 1. The molecule has 0 saturated heterocycles. The molecule has 0 spiro atoms. The van der Waals surface area contributed by atoms with Crippen LogP contribution in [-0.2, 0) is 4.79 Å². The minimum Gasteiger partial charge on any atom is -0.497 e. The van der Waals surface area contributed by atoms with E-state index in [1.165, 1.54) is 0 Å². The van der Waals surface area contributed by atoms with Gasteiger partial charge in [0.1, 0.15) is 5.75 Å². The third-order valence-electron chi connectivity index (χ3n) is 2.74. The topological polar surface area (TPSA) is 50.4 Å². The maximum atomic E-state index is 11.9. The lowest BCUT2D eigenvalue weighted by molar-refractivity contribution is -0.114. The Morgan fingerprint density at radius 3 is 2.71 bits per heavy atom. The SMILES string of the molecule is COc1cccc(NC(=O)CNc2cccc(Cl)c2Cl)c1. The molecule has 0 fully saturated rings. The van der Waals surface area contributed by atoms with E-state index in [1.807, 2.05) is 0 Å². The van der Waals surface area contributed by atoms with Gasteiger partial charge in [-0.15, -0.1) is 0 Å². The summed E-state index contributed by atoms with van der Waals surface area (Å²) in [4.78, 5) is 11.9. The summed E-state index contributed by atoms with van der Waals surface area (Å²) in [6.07, 6.45) is 0. The van der Waals surface area contributed by atoms with E-state index in [4.69, 9.17) is 27.9 Å². The second kappa shape index (κ2) is 7.20. The Hall–Kier alpha value is -1.91. The molecular weight excluding hydrogens is 311 g/mol. The number of hydrogen-bond donors (Lipinski definition) is 2. The van der Waals surface area contributed by atoms with E-state index < -0.39 is 0 Å². The molecule has 0 aliphatic carbocycles. The zero-order chi connectivity index (χ0) is 15.2. The predicted molar refractivity (Wildman–Crippen MR) is 86.6 cm³/mol. The summed E-state index contributed by atoms with van der Waals surface area (Å²) in [5, 5.41) is 6.54. The van der Waals surface area contributed by atoms with Gasteiger partial charge in [-0.1, -0.05) is 35.3 Å². The van der Waals surface area contributed by atoms with Crippen LogP contribution < -0.4 is 15.4 Å². The van der Waals surface area contributed by atoms with Crippen LogP contribution in [0.1, 0.15) is 0 Å². The molecule has 1 amide bonds. The van der Waals surface area contributed by atoms with Gasteiger partial charge in [-0.25, -0.2) is 0 Å². The van der Waals surface area contributed by atoms with Crippen LogP contribution >= 0.6 is 23.2 Å². The standard InChI is InChI=1S/C15H14Cl2N2O2/c1-21-11-5-2-4-10(8-11)19-14(20)9-18-13-7-3-6-12(16)15(13)17/h2-8,18H,9H2,1H3,(H,19,20). The molecule has 0 bridgehead atoms. The number of ether oxygens (including phenoxy) is 1. The largest absolute Gasteiger partial charge is 0.497 e. The average Bonchev–Trinajstić information content (AvgIpc) is 2.49. The lowest BCUT2D eigenvalue weighted by Gasteiger charge is -2.10. The Morgan fingerprint density at radius 2 is 1.95 bits per heavy atom. The third kappa shape index (κ3) is 4.28. The van der Waals surface area contributed by atoms with Crippen LogP contribution in [0.4, 0.5) is 11.4 Å². The summed E-state index contributed by atoms with van der Waals surface area (Å²) < 4.78 is 5.10. The zero-order valence-corrected chi connectivity index (χ0v) is 12.8. The summed E-state index contributed by atoms with van der Waals surface area (Å²) in [7, 11) is 1.57. The number of nitrogens with one attached hydrogen (secondary N) is 2. The van der Waals surface area contributed by atoms with Crippen molar-refractivity contribution < 1.29 is 9.53 Å². The first-order chi connectivity index (χ1) is 10.1. The molecule has 0 aliphatic heterocycles. The Bertz CT molecular complexity index is 647. The van der Waals surface area contributed by atoms with Gasteiger partial charge in [0.2, 0.25) is 5.91 Å². The van der Waals surface area contributed by atoms with Crippen molar-refractivity contribution >= 4 is 40.5 Å². The molecule has 0 aromatic heterocycles. The predicted octanol–water partition coefficient (Wildman–Crippen LogP) is 4.05. The minimum absolute atomic E-state index is 0.0806. The summed E-state index contributed by atoms with van der Waals surface area (Å²) in [5.74, 6) is 0.484. The van der Waals surface area contributed by atoms with Crippen molar-refractivity contribution in [2.24, 2.45) is 0 Å². The molecule has 2 aromatic rings. The molecule has 21 heavy (non-hydrogen) atoms. The maximum absolute atomic E-state index is 11.9. The first kappa shape index (κ1) is 15.5. The van der Waals surface area contributed by atoms with Crippen LogP contribution in [0.3, 0.4) is 0 Å². The van der Waals surface area contributed by atoms with E-state index in [0.29, 0.717) is 27.2 Å². The molecule has 2 N–H and O–H groups in total. The highest BCUT2D eigenvalue weighted by molar-refractivity contribution is 6.43. The number of halogens is 2. The smallest absolute Gasteiger partial charge is 0.243 e. The third-order valence-corrected chi connectivity index (χ3v) is 3.56. The molecule has 0 aliphatic rings. The van der Waals surface area contributed by atoms with Gasteiger partial charge in [0.15, 0.2) is 0 Å². The van der Waals surface area contributed by atoms with Crippen molar-refractivity contribution in [2.45, 2.75) is 0 Å². The van der Waals surface area contributed by atoms with Gasteiger partial charge >= 0.3 is 0 Å². The number of amides is 1. The Labute approximate surface area is 133 Å². The summed E-state index contributed by atoms with van der Waals surface area (Å²) in [6.45, 7) is 0.0806. The Kier molecular flexibility index (Phi) is 5.31. The fraction of sp³-hybridized carbons (Fsp3) is 0.133. The van der Waals surface area contributed by atoms with Crippen molar-refractivity contribution in [3.05, 3.63) is 52.5 Å². The van der Waals surface area contributed by atoms with Gasteiger partial charge in [-0.2, -0.15) is 0 Å². The lowest BCUT2D eigenvalue weighted by Crippen LogP contribution is -2.21. The van der Waals surface area contributed by atoms with Crippen molar-refractivity contribution in [3.8, 4) is 5.75 Å². The van der Waals surface area contributed by atoms with Crippen molar-refractivity contribution in [2.75, 3.05) is 24.3 Å². The molecule has 0 unspecified atom stereocenters. The normalized spacial score (nSPS) is 10.0. The lowest BCUT2D eigenvalue weighted by atomic mass is 10.3. The van der Waals surface area contributed by atoms with Crippen LogP contribution in [0, 0.1) is 0 Å². The average molecular weight is 325 g/mol. The zero-order valence-electron chi connectivity index (χ0n) is 11.3. The van der Waals surface area contributed by atoms with E-state index in [0.717, 1.165) is 0 Å². The maximum Gasteiger partial charge on any atom is 0.243 e. The first-order valence-electron chi connectivity index (χ1n) is 6.22. The number of rotatable bonds is 5. The van der Waals surface area contributed by atoms with Crippen LogP contribution in [0.15, 0.2) is 42.5 Å². The molecule has 110 valence electrons. The van der Waals surface area contributed by atoms with Crippen LogP contribution in [-0.4, -0.2) is 19.6 Å². The number of carbonyl (C=O) groups is 1. The van der Waals surface area contributed by atoms with Gasteiger partial charge in [0.05, 0.1) is 29.4 Å². The second-order valence-corrected chi connectivity index (χ2v) is 5.02. The van der Waals surface area contributed by atoms with Crippen molar-refractivity contribution in [1.29, 1.82) is 0 Å². The van der Waals surface area contributed by atoms with Gasteiger partial charge in [0.25, 0.3) is 0 Å². The second-order valence-electron chi connectivity index (χ2n) is 4.24. The summed E-state index contributed by atoms with van der Waals surface area (Å²) in [6, 6.07) is 12.3. The first-order valence-corrected chi connectivity index (χ1v) is 6.97. The van der Waals surface area contributed by atoms with E-state index in [1.54, 1.807) is 49.6 Å². The summed E-state index contributed by atoms with van der Waals surface area (Å²) >= 11 is 11.9. The molecule has 0 radical (unpaired) electrons. The molecular formula is C15H14Cl2N2O2. The quantitative estimate of drug-likeness (QED) is 0.872. The number of hydrogen-bond acceptors (Lipinski definition) is 3. The number of anilines is 2. The monoisotopic (exact) mass is 324 g/mol. The van der Waals surface area contributed by atoms with E-state index in [-0.39, 0.29) is 12.5 Å². The van der Waals surface area contributed by atoms with E-state index in [9.17, 15) is 4.79 Å². The van der Waals surface area contributed by atoms with Gasteiger partial charge in [-0.05, 0) is 24.3 Å². The molecule has 4 nitrogen and oxygen atoms in total. The highest BCUT2D eigenvalue weighted by atomic mass is 35.5. The van der Waals surface area contributed by atoms with Gasteiger partial charge in [0, 0.05) is 11.8 Å². The molecule has 6 heteroatoms. The molecule has 0 heterocycles. The molecule has 0 saturated carbocycles. The Morgan fingerprint density at radius 1 is 1.19 bits per heavy atom. The van der Waals surface area contributed by atoms with Gasteiger partial charge in [-0.3, -0.25) is 4.79 Å². The van der Waals surface area contributed by atoms with Crippen LogP contribution in [0.5, 0.6) is 5.75 Å². The fourth-order valence-electron chi connectivity index (χ4n) is 1.72. The summed E-state index contributed by atoms with van der Waals surface area (Å²) in [5.41, 5.74) is 1.28. The molecule has 2 rings (SSSR count). The van der Waals surface area contributed by atoms with Crippen LogP contribution in [0.2, 0.25) is 10.0 Å². The van der Waals surface area contributed by atoms with Gasteiger partial charge < -0.3 is 15.4 Å². The molecule has 0 atom stereocenters. The number of benzene rings is 2. The highest BCUT2D eigenvalue weighted by Gasteiger charge is 2.07. The fourth-order valence-corrected chi connectivity index (χ4v) is 2.09. The van der Waals surface area contributed by atoms with E-state index in [2.05, 4.69) is 10.6 Å². The van der Waals surface area contributed by atoms with E-state index >= 15 is 0 Å². The number of carbonyl (C=O) groups excluding carboxylic acids is 1.